The molecule has 104 valence electrons. The highest BCUT2D eigenvalue weighted by Gasteiger charge is 2.44. The summed E-state index contributed by atoms with van der Waals surface area (Å²) in [6, 6.07) is 12.0. The van der Waals surface area contributed by atoms with Gasteiger partial charge in [-0.25, -0.2) is 0 Å². The molecule has 1 fully saturated rings. The number of benzene rings is 1. The zero-order chi connectivity index (χ0) is 14.6. The molecule has 1 saturated heterocycles. The van der Waals surface area contributed by atoms with Crippen LogP contribution in [-0.2, 0) is 10.4 Å². The first-order valence-electron chi connectivity index (χ1n) is 6.49. The molecule has 1 aromatic carbocycles. The summed E-state index contributed by atoms with van der Waals surface area (Å²) in [6.45, 7) is 2.51. The summed E-state index contributed by atoms with van der Waals surface area (Å²) in [5.41, 5.74) is 0.651. The molecule has 0 amide bonds. The van der Waals surface area contributed by atoms with Crippen molar-refractivity contribution in [3.63, 3.8) is 0 Å². The quantitative estimate of drug-likeness (QED) is 0.840. The number of hydrogen-bond donors (Lipinski definition) is 0. The second-order valence-corrected chi connectivity index (χ2v) is 4.94. The van der Waals surface area contributed by atoms with Gasteiger partial charge in [-0.1, -0.05) is 12.1 Å². The summed E-state index contributed by atoms with van der Waals surface area (Å²) in [7, 11) is 1.63. The lowest BCUT2D eigenvalue weighted by Gasteiger charge is -2.32. The van der Waals surface area contributed by atoms with Gasteiger partial charge in [0.15, 0.2) is 6.10 Å². The van der Waals surface area contributed by atoms with E-state index < -0.39 is 11.6 Å². The highest BCUT2D eigenvalue weighted by molar-refractivity contribution is 5.32. The van der Waals surface area contributed by atoms with Crippen molar-refractivity contribution in [1.29, 1.82) is 10.5 Å². The van der Waals surface area contributed by atoms with Crippen LogP contribution in [0.15, 0.2) is 24.3 Å². The number of nitrogens with zero attached hydrogens (tertiary/aromatic N) is 3. The minimum atomic E-state index is -0.471. The molecule has 0 aromatic heterocycles. The van der Waals surface area contributed by atoms with Crippen LogP contribution in [-0.4, -0.2) is 24.8 Å². The van der Waals surface area contributed by atoms with Gasteiger partial charge in [-0.05, 0) is 24.6 Å². The van der Waals surface area contributed by atoms with E-state index >= 15 is 0 Å². The molecule has 1 heterocycles. The summed E-state index contributed by atoms with van der Waals surface area (Å²) in [5.74, 6) is 0.789. The fourth-order valence-electron chi connectivity index (χ4n) is 2.50. The highest BCUT2D eigenvalue weighted by Crippen LogP contribution is 2.40. The van der Waals surface area contributed by atoms with E-state index in [9.17, 15) is 0 Å². The van der Waals surface area contributed by atoms with Gasteiger partial charge >= 0.3 is 0 Å². The average molecular weight is 271 g/mol. The van der Waals surface area contributed by atoms with Gasteiger partial charge in [0.25, 0.3) is 0 Å². The third kappa shape index (κ3) is 2.60. The van der Waals surface area contributed by atoms with Gasteiger partial charge in [0, 0.05) is 13.0 Å². The van der Waals surface area contributed by atoms with Crippen LogP contribution < -0.4 is 4.74 Å². The fraction of sp³-hybridized carbons (Fsp3) is 0.467. The van der Waals surface area contributed by atoms with Crippen LogP contribution in [0.3, 0.4) is 0 Å². The smallest absolute Gasteiger partial charge is 0.167 e. The van der Waals surface area contributed by atoms with Crippen LogP contribution in [0.5, 0.6) is 5.75 Å². The van der Waals surface area contributed by atoms with Crippen molar-refractivity contribution in [3.8, 4) is 17.9 Å². The number of hydrogen-bond acceptors (Lipinski definition) is 5. The molecule has 1 aliphatic rings. The number of hydroxylamine groups is 2. The summed E-state index contributed by atoms with van der Waals surface area (Å²) < 4.78 is 5.16. The van der Waals surface area contributed by atoms with E-state index in [1.54, 1.807) is 12.2 Å². The maximum atomic E-state index is 9.08. The number of ether oxygens (including phenoxy) is 1. The molecule has 1 aromatic rings. The first kappa shape index (κ1) is 14.3. The minimum absolute atomic E-state index is 0.365. The number of methoxy groups -OCH3 is 1. The number of nitriles is 2. The molecule has 1 aliphatic heterocycles. The summed E-state index contributed by atoms with van der Waals surface area (Å²) in [6.07, 6.45) is 0.478. The van der Waals surface area contributed by atoms with Crippen molar-refractivity contribution < 1.29 is 9.57 Å². The Morgan fingerprint density at radius 2 is 2.10 bits per heavy atom. The van der Waals surface area contributed by atoms with E-state index in [1.807, 2.05) is 31.2 Å². The highest BCUT2D eigenvalue weighted by atomic mass is 16.7. The molecule has 5 heteroatoms. The normalized spacial score (nSPS) is 25.9. The Labute approximate surface area is 118 Å². The lowest BCUT2D eigenvalue weighted by molar-refractivity contribution is -0.174. The minimum Gasteiger partial charge on any atom is -0.497 e. The Balaban J connectivity index is 2.28. The van der Waals surface area contributed by atoms with Crippen molar-refractivity contribution in [2.24, 2.45) is 0 Å². The van der Waals surface area contributed by atoms with Crippen LogP contribution in [0.2, 0.25) is 0 Å². The van der Waals surface area contributed by atoms with E-state index in [-0.39, 0.29) is 0 Å². The Hall–Kier alpha value is -2.08. The molecular formula is C15H17N3O2. The molecular weight excluding hydrogens is 254 g/mol. The van der Waals surface area contributed by atoms with E-state index in [1.165, 1.54) is 0 Å². The molecule has 0 N–H and O–H groups in total. The van der Waals surface area contributed by atoms with E-state index in [0.717, 1.165) is 11.3 Å². The lowest BCUT2D eigenvalue weighted by atomic mass is 9.87. The zero-order valence-corrected chi connectivity index (χ0v) is 11.7. The third-order valence-electron chi connectivity index (χ3n) is 3.67. The Bertz CT molecular complexity index is 544. The summed E-state index contributed by atoms with van der Waals surface area (Å²) in [5, 5.41) is 19.6. The van der Waals surface area contributed by atoms with E-state index in [4.69, 9.17) is 20.1 Å². The average Bonchev–Trinajstić information content (AvgIpc) is 2.83. The van der Waals surface area contributed by atoms with Crippen molar-refractivity contribution in [1.82, 2.24) is 5.06 Å². The zero-order valence-electron chi connectivity index (χ0n) is 11.7. The maximum absolute atomic E-state index is 9.08. The van der Waals surface area contributed by atoms with Crippen LogP contribution in [0.1, 0.15) is 25.3 Å². The lowest BCUT2D eigenvalue weighted by Crippen LogP contribution is -2.38. The van der Waals surface area contributed by atoms with Crippen molar-refractivity contribution in [2.45, 2.75) is 31.4 Å². The molecule has 0 saturated carbocycles. The molecule has 5 nitrogen and oxygen atoms in total. The largest absolute Gasteiger partial charge is 0.497 e. The van der Waals surface area contributed by atoms with Gasteiger partial charge in [-0.2, -0.15) is 15.6 Å². The Kier molecular flexibility index (Phi) is 4.24. The van der Waals surface area contributed by atoms with Gasteiger partial charge < -0.3 is 4.74 Å². The summed E-state index contributed by atoms with van der Waals surface area (Å²) in [4.78, 5) is 5.63. The second-order valence-electron chi connectivity index (χ2n) is 4.94. The van der Waals surface area contributed by atoms with Crippen LogP contribution in [0, 0.1) is 22.7 Å². The van der Waals surface area contributed by atoms with Gasteiger partial charge in [0.2, 0.25) is 0 Å². The van der Waals surface area contributed by atoms with E-state index in [2.05, 4.69) is 12.1 Å². The monoisotopic (exact) mass is 271 g/mol. The van der Waals surface area contributed by atoms with Crippen LogP contribution >= 0.6 is 0 Å². The third-order valence-corrected chi connectivity index (χ3v) is 3.67. The standard InChI is InChI=1S/C15H17N3O2/c1-15(12-4-6-13(19-2)7-5-12)10-14(11-17)20-18(15)9-3-8-16/h4-7,14H,3,9-10H2,1-2H3/t14-,15-/m1/s1. The van der Waals surface area contributed by atoms with Crippen LogP contribution in [0.25, 0.3) is 0 Å². The van der Waals surface area contributed by atoms with E-state index in [0.29, 0.717) is 19.4 Å². The predicted molar refractivity (Wildman–Crippen MR) is 72.4 cm³/mol. The maximum Gasteiger partial charge on any atom is 0.167 e. The Morgan fingerprint density at radius 3 is 2.65 bits per heavy atom. The molecule has 0 spiro atoms. The molecule has 2 rings (SSSR count). The van der Waals surface area contributed by atoms with Gasteiger partial charge in [-0.15, -0.1) is 0 Å². The van der Waals surface area contributed by atoms with Gasteiger partial charge in [-0.3, -0.25) is 4.84 Å². The van der Waals surface area contributed by atoms with Crippen molar-refractivity contribution in [3.05, 3.63) is 29.8 Å². The predicted octanol–water partition coefficient (Wildman–Crippen LogP) is 2.35. The second kappa shape index (κ2) is 5.92. The molecule has 0 unspecified atom stereocenters. The first-order valence-corrected chi connectivity index (χ1v) is 6.49. The first-order chi connectivity index (χ1) is 9.63. The van der Waals surface area contributed by atoms with Gasteiger partial charge in [0.05, 0.1) is 31.2 Å². The molecule has 20 heavy (non-hydrogen) atoms. The van der Waals surface area contributed by atoms with Crippen molar-refractivity contribution >= 4 is 0 Å². The molecule has 2 atom stereocenters. The van der Waals surface area contributed by atoms with Crippen molar-refractivity contribution in [2.75, 3.05) is 13.7 Å². The fourth-order valence-corrected chi connectivity index (χ4v) is 2.50. The topological polar surface area (TPSA) is 69.3 Å². The molecule has 0 radical (unpaired) electrons. The molecule has 0 aliphatic carbocycles. The van der Waals surface area contributed by atoms with Gasteiger partial charge in [0.1, 0.15) is 5.75 Å². The summed E-state index contributed by atoms with van der Waals surface area (Å²) >= 11 is 0. The SMILES string of the molecule is COc1ccc([C@@]2(C)C[C@H](C#N)ON2CCC#N)cc1. The number of rotatable bonds is 4. The molecule has 0 bridgehead atoms. The Morgan fingerprint density at radius 1 is 1.40 bits per heavy atom. The van der Waals surface area contributed by atoms with Crippen LogP contribution in [0.4, 0.5) is 0 Å².